The van der Waals surface area contributed by atoms with Crippen LogP contribution in [0.2, 0.25) is 0 Å². The van der Waals surface area contributed by atoms with Gasteiger partial charge in [-0.2, -0.15) is 0 Å². The van der Waals surface area contributed by atoms with Crippen molar-refractivity contribution >= 4 is 11.7 Å². The number of carbonyl (C=O) groups is 1. The summed E-state index contributed by atoms with van der Waals surface area (Å²) >= 11 is 0. The molecule has 1 atom stereocenters. The fourth-order valence-corrected chi connectivity index (χ4v) is 2.18. The van der Waals surface area contributed by atoms with Gasteiger partial charge in [-0.05, 0) is 31.2 Å². The lowest BCUT2D eigenvalue weighted by Gasteiger charge is -2.10. The number of benzene rings is 2. The van der Waals surface area contributed by atoms with Crippen LogP contribution in [0, 0.1) is 10.1 Å². The average molecular weight is 369 g/mol. The topological polar surface area (TPSA) is 118 Å². The number of rotatable bonds is 7. The Balaban J connectivity index is 1.53. The number of carbonyl (C=O) groups excluding carboxylic acids is 1. The van der Waals surface area contributed by atoms with E-state index in [0.717, 1.165) is 5.56 Å². The maximum atomic E-state index is 11.9. The highest BCUT2D eigenvalue weighted by atomic mass is 16.6. The molecule has 3 aromatic rings. The van der Waals surface area contributed by atoms with Crippen LogP contribution in [0.25, 0.3) is 11.5 Å². The van der Waals surface area contributed by atoms with Gasteiger partial charge >= 0.3 is 5.97 Å². The summed E-state index contributed by atoms with van der Waals surface area (Å²) in [6.45, 7) is 1.24. The van der Waals surface area contributed by atoms with Crippen LogP contribution in [0.3, 0.4) is 0 Å². The van der Waals surface area contributed by atoms with Gasteiger partial charge < -0.3 is 13.9 Å². The molecular weight excluding hydrogens is 354 g/mol. The molecule has 0 spiro atoms. The van der Waals surface area contributed by atoms with E-state index in [4.69, 9.17) is 13.9 Å². The fraction of sp³-hybridized carbons (Fsp3) is 0.167. The molecule has 1 heterocycles. The SMILES string of the molecule is C[C@H](OC(=O)COc1ccc([N+](=O)[O-])cc1)c1nnc(-c2ccccc2)o1. The molecule has 0 N–H and O–H groups in total. The van der Waals surface area contributed by atoms with Gasteiger partial charge in [-0.1, -0.05) is 18.2 Å². The molecule has 27 heavy (non-hydrogen) atoms. The van der Waals surface area contributed by atoms with Crippen molar-refractivity contribution < 1.29 is 23.6 Å². The first-order chi connectivity index (χ1) is 13.0. The molecule has 0 fully saturated rings. The minimum absolute atomic E-state index is 0.0656. The largest absolute Gasteiger partial charge is 0.482 e. The summed E-state index contributed by atoms with van der Waals surface area (Å²) in [7, 11) is 0. The van der Waals surface area contributed by atoms with Gasteiger partial charge in [-0.3, -0.25) is 10.1 Å². The van der Waals surface area contributed by atoms with Crippen LogP contribution in [0.1, 0.15) is 18.9 Å². The second-order valence-electron chi connectivity index (χ2n) is 5.48. The van der Waals surface area contributed by atoms with Crippen LogP contribution in [0.5, 0.6) is 5.75 Å². The molecule has 0 aliphatic rings. The Morgan fingerprint density at radius 2 is 1.85 bits per heavy atom. The van der Waals surface area contributed by atoms with E-state index in [1.165, 1.54) is 24.3 Å². The van der Waals surface area contributed by atoms with Gasteiger partial charge in [-0.15, -0.1) is 10.2 Å². The Labute approximate surface area is 153 Å². The second kappa shape index (κ2) is 8.09. The number of ether oxygens (including phenoxy) is 2. The summed E-state index contributed by atoms with van der Waals surface area (Å²) in [5.41, 5.74) is 0.695. The number of hydrogen-bond donors (Lipinski definition) is 0. The first-order valence-corrected chi connectivity index (χ1v) is 7.98. The Morgan fingerprint density at radius 1 is 1.15 bits per heavy atom. The van der Waals surface area contributed by atoms with E-state index in [2.05, 4.69) is 10.2 Å². The van der Waals surface area contributed by atoms with Crippen molar-refractivity contribution in [2.45, 2.75) is 13.0 Å². The van der Waals surface area contributed by atoms with E-state index < -0.39 is 17.0 Å². The standard InChI is InChI=1S/C18H15N3O6/c1-12(17-19-20-18(27-17)13-5-3-2-4-6-13)26-16(22)11-25-15-9-7-14(8-10-15)21(23)24/h2-10,12H,11H2,1H3/t12-/m0/s1. The molecule has 3 rings (SSSR count). The molecule has 9 heteroatoms. The van der Waals surface area contributed by atoms with Crippen molar-refractivity contribution in [1.29, 1.82) is 0 Å². The number of nitrogens with zero attached hydrogens (tertiary/aromatic N) is 3. The molecule has 9 nitrogen and oxygen atoms in total. The van der Waals surface area contributed by atoms with Crippen LogP contribution in [0.4, 0.5) is 5.69 Å². The molecule has 0 saturated carbocycles. The van der Waals surface area contributed by atoms with Gasteiger partial charge in [0.1, 0.15) is 5.75 Å². The maximum absolute atomic E-state index is 11.9. The highest BCUT2D eigenvalue weighted by molar-refractivity contribution is 5.71. The number of non-ortho nitro benzene ring substituents is 1. The molecule has 0 bridgehead atoms. The van der Waals surface area contributed by atoms with Crippen molar-refractivity contribution in [3.8, 4) is 17.2 Å². The van der Waals surface area contributed by atoms with Gasteiger partial charge in [0, 0.05) is 17.7 Å². The number of aromatic nitrogens is 2. The lowest BCUT2D eigenvalue weighted by molar-refractivity contribution is -0.384. The van der Waals surface area contributed by atoms with Gasteiger partial charge in [0.05, 0.1) is 4.92 Å². The van der Waals surface area contributed by atoms with E-state index >= 15 is 0 Å². The Bertz CT molecular complexity index is 924. The normalized spacial score (nSPS) is 11.6. The third kappa shape index (κ3) is 4.66. The Hall–Kier alpha value is -3.75. The van der Waals surface area contributed by atoms with Crippen LogP contribution >= 0.6 is 0 Å². The molecule has 0 saturated heterocycles. The van der Waals surface area contributed by atoms with Crippen molar-refractivity contribution in [3.05, 3.63) is 70.6 Å². The zero-order chi connectivity index (χ0) is 19.2. The second-order valence-corrected chi connectivity index (χ2v) is 5.48. The zero-order valence-electron chi connectivity index (χ0n) is 14.3. The predicted octanol–water partition coefficient (Wildman–Crippen LogP) is 3.33. The molecule has 0 radical (unpaired) electrons. The van der Waals surface area contributed by atoms with Crippen molar-refractivity contribution in [2.75, 3.05) is 6.61 Å². The Morgan fingerprint density at radius 3 is 2.52 bits per heavy atom. The van der Waals surface area contributed by atoms with Crippen LogP contribution in [-0.2, 0) is 9.53 Å². The summed E-state index contributed by atoms with van der Waals surface area (Å²) < 4.78 is 16.0. The summed E-state index contributed by atoms with van der Waals surface area (Å²) in [5.74, 6) is 0.169. The third-order valence-corrected chi connectivity index (χ3v) is 3.52. The first kappa shape index (κ1) is 18.1. The first-order valence-electron chi connectivity index (χ1n) is 7.98. The smallest absolute Gasteiger partial charge is 0.344 e. The number of esters is 1. The van der Waals surface area contributed by atoms with Crippen molar-refractivity contribution in [1.82, 2.24) is 10.2 Å². The van der Waals surface area contributed by atoms with Gasteiger partial charge in [-0.25, -0.2) is 4.79 Å². The van der Waals surface area contributed by atoms with E-state index in [9.17, 15) is 14.9 Å². The fourth-order valence-electron chi connectivity index (χ4n) is 2.18. The average Bonchev–Trinajstić information content (AvgIpc) is 3.18. The van der Waals surface area contributed by atoms with Crippen molar-refractivity contribution in [2.24, 2.45) is 0 Å². The molecule has 0 aliphatic heterocycles. The van der Waals surface area contributed by atoms with E-state index in [1.807, 2.05) is 30.3 Å². The molecule has 0 aliphatic carbocycles. The van der Waals surface area contributed by atoms with Gasteiger partial charge in [0.2, 0.25) is 5.89 Å². The monoisotopic (exact) mass is 369 g/mol. The lowest BCUT2D eigenvalue weighted by atomic mass is 10.2. The highest BCUT2D eigenvalue weighted by Crippen LogP contribution is 2.22. The molecule has 138 valence electrons. The minimum atomic E-state index is -0.747. The molecule has 0 unspecified atom stereocenters. The lowest BCUT2D eigenvalue weighted by Crippen LogP contribution is -2.17. The van der Waals surface area contributed by atoms with E-state index in [0.29, 0.717) is 11.6 Å². The molecule has 0 amide bonds. The van der Waals surface area contributed by atoms with Gasteiger partial charge in [0.15, 0.2) is 12.7 Å². The molecule has 2 aromatic carbocycles. The minimum Gasteiger partial charge on any atom is -0.482 e. The highest BCUT2D eigenvalue weighted by Gasteiger charge is 2.19. The summed E-state index contributed by atoms with van der Waals surface area (Å²) in [6.07, 6.45) is -0.747. The Kier molecular flexibility index (Phi) is 5.41. The maximum Gasteiger partial charge on any atom is 0.344 e. The molecule has 1 aromatic heterocycles. The molecular formula is C18H15N3O6. The van der Waals surface area contributed by atoms with Crippen LogP contribution in [-0.4, -0.2) is 27.7 Å². The van der Waals surface area contributed by atoms with Gasteiger partial charge in [0.25, 0.3) is 11.6 Å². The van der Waals surface area contributed by atoms with Crippen LogP contribution < -0.4 is 4.74 Å². The summed E-state index contributed by atoms with van der Waals surface area (Å²) in [5, 5.41) is 18.4. The van der Waals surface area contributed by atoms with Crippen LogP contribution in [0.15, 0.2) is 59.0 Å². The van der Waals surface area contributed by atoms with Crippen molar-refractivity contribution in [3.63, 3.8) is 0 Å². The third-order valence-electron chi connectivity index (χ3n) is 3.52. The number of nitro groups is 1. The number of nitro benzene ring substituents is 1. The van der Waals surface area contributed by atoms with E-state index in [-0.39, 0.29) is 18.2 Å². The summed E-state index contributed by atoms with van der Waals surface area (Å²) in [4.78, 5) is 22.0. The zero-order valence-corrected chi connectivity index (χ0v) is 14.3. The van der Waals surface area contributed by atoms with E-state index in [1.54, 1.807) is 6.92 Å². The number of hydrogen-bond acceptors (Lipinski definition) is 8. The predicted molar refractivity (Wildman–Crippen MR) is 92.8 cm³/mol. The quantitative estimate of drug-likeness (QED) is 0.353. The summed E-state index contributed by atoms with van der Waals surface area (Å²) in [6, 6.07) is 14.6.